The highest BCUT2D eigenvalue weighted by Gasteiger charge is 2.48. The number of benzene rings is 1. The molecule has 2 aliphatic rings. The number of nitrogens with one attached hydrogen (secondary N) is 1. The lowest BCUT2D eigenvalue weighted by molar-refractivity contribution is 0.329. The van der Waals surface area contributed by atoms with E-state index in [1.165, 1.54) is 19.3 Å². The summed E-state index contributed by atoms with van der Waals surface area (Å²) in [5.41, 5.74) is 0.905. The van der Waals surface area contributed by atoms with Gasteiger partial charge >= 0.3 is 0 Å². The molecule has 3 atom stereocenters. The monoisotopic (exact) mass is 279 g/mol. The van der Waals surface area contributed by atoms with Crippen LogP contribution in [0.5, 0.6) is 0 Å². The van der Waals surface area contributed by atoms with Gasteiger partial charge in [0.2, 0.25) is 0 Å². The Labute approximate surface area is 119 Å². The van der Waals surface area contributed by atoms with Crippen molar-refractivity contribution in [2.45, 2.75) is 45.6 Å². The van der Waals surface area contributed by atoms with Crippen LogP contribution in [0.15, 0.2) is 12.1 Å². The van der Waals surface area contributed by atoms with E-state index in [1.54, 1.807) is 19.1 Å². The Morgan fingerprint density at radius 2 is 1.85 bits per heavy atom. The summed E-state index contributed by atoms with van der Waals surface area (Å²) in [6.45, 7) is 4.56. The molecule has 0 aromatic heterocycles. The van der Waals surface area contributed by atoms with Gasteiger partial charge in [-0.25, -0.2) is 8.78 Å². The second kappa shape index (κ2) is 5.44. The molecule has 0 amide bonds. The van der Waals surface area contributed by atoms with E-state index in [1.807, 2.05) is 0 Å². The molecule has 2 fully saturated rings. The first-order valence-electron chi connectivity index (χ1n) is 7.79. The highest BCUT2D eigenvalue weighted by molar-refractivity contribution is 5.29. The van der Waals surface area contributed by atoms with E-state index in [9.17, 15) is 8.78 Å². The van der Waals surface area contributed by atoms with Gasteiger partial charge in [-0.05, 0) is 62.5 Å². The number of aryl methyl sites for hydroxylation is 1. The van der Waals surface area contributed by atoms with Gasteiger partial charge < -0.3 is 5.32 Å². The summed E-state index contributed by atoms with van der Waals surface area (Å²) in [6, 6.07) is 3.44. The highest BCUT2D eigenvalue weighted by Crippen LogP contribution is 2.57. The van der Waals surface area contributed by atoms with Crippen molar-refractivity contribution in [3.63, 3.8) is 0 Å². The lowest BCUT2D eigenvalue weighted by Gasteiger charge is -2.27. The molecule has 1 nitrogen and oxygen atoms in total. The largest absolute Gasteiger partial charge is 0.310 e. The summed E-state index contributed by atoms with van der Waals surface area (Å²) < 4.78 is 28.1. The van der Waals surface area contributed by atoms with E-state index in [4.69, 9.17) is 0 Å². The van der Waals surface area contributed by atoms with Crippen molar-refractivity contribution in [3.8, 4) is 0 Å². The molecule has 1 N–H and O–H groups in total. The third kappa shape index (κ3) is 2.48. The summed E-state index contributed by atoms with van der Waals surface area (Å²) in [4.78, 5) is 0. The molecule has 3 rings (SSSR count). The molecule has 2 aliphatic carbocycles. The molecule has 0 heterocycles. The number of fused-ring (bicyclic) bond motifs is 1. The molecule has 0 radical (unpaired) electrons. The Morgan fingerprint density at radius 3 is 2.50 bits per heavy atom. The molecule has 20 heavy (non-hydrogen) atoms. The minimum atomic E-state index is -0.686. The average Bonchev–Trinajstić information content (AvgIpc) is 3.05. The maximum Gasteiger partial charge on any atom is 0.163 e. The first kappa shape index (κ1) is 14.0. The molecule has 0 bridgehead atoms. The number of rotatable bonds is 5. The van der Waals surface area contributed by atoms with Gasteiger partial charge in [0.05, 0.1) is 0 Å². The molecule has 0 spiro atoms. The number of hydrogen-bond donors (Lipinski definition) is 1. The molecule has 110 valence electrons. The molecule has 0 saturated heterocycles. The van der Waals surface area contributed by atoms with Crippen molar-refractivity contribution in [2.75, 3.05) is 6.54 Å². The van der Waals surface area contributed by atoms with E-state index >= 15 is 0 Å². The SMILES string of the molecule is CCCNC(c1ccc(C)c(F)c1F)C1CC2CC2C1. The van der Waals surface area contributed by atoms with Gasteiger partial charge in [0.15, 0.2) is 11.6 Å². The second-order valence-corrected chi connectivity index (χ2v) is 6.52. The predicted octanol–water partition coefficient (Wildman–Crippen LogP) is 4.36. The second-order valence-electron chi connectivity index (χ2n) is 6.52. The standard InChI is InChI=1S/C17H23F2N/c1-3-6-20-17(13-8-11-7-12(11)9-13)14-5-4-10(2)15(18)16(14)19/h4-5,11-13,17,20H,3,6-9H2,1-2H3. The van der Waals surface area contributed by atoms with Crippen molar-refractivity contribution in [2.24, 2.45) is 17.8 Å². The topological polar surface area (TPSA) is 12.0 Å². The summed E-state index contributed by atoms with van der Waals surface area (Å²) >= 11 is 0. The maximum atomic E-state index is 14.3. The van der Waals surface area contributed by atoms with E-state index in [2.05, 4.69) is 12.2 Å². The summed E-state index contributed by atoms with van der Waals surface area (Å²) in [6.07, 6.45) is 4.69. The first-order chi connectivity index (χ1) is 9.61. The van der Waals surface area contributed by atoms with Crippen molar-refractivity contribution in [1.29, 1.82) is 0 Å². The van der Waals surface area contributed by atoms with Crippen LogP contribution < -0.4 is 5.32 Å². The third-order valence-electron chi connectivity index (χ3n) is 5.01. The lowest BCUT2D eigenvalue weighted by Crippen LogP contribution is -2.29. The molecule has 1 aromatic carbocycles. The highest BCUT2D eigenvalue weighted by atomic mass is 19.2. The van der Waals surface area contributed by atoms with Crippen LogP contribution in [0.2, 0.25) is 0 Å². The van der Waals surface area contributed by atoms with Crippen LogP contribution >= 0.6 is 0 Å². The van der Waals surface area contributed by atoms with E-state index in [-0.39, 0.29) is 6.04 Å². The van der Waals surface area contributed by atoms with Crippen molar-refractivity contribution in [3.05, 3.63) is 34.9 Å². The van der Waals surface area contributed by atoms with Crippen LogP contribution in [0.4, 0.5) is 8.78 Å². The molecule has 2 saturated carbocycles. The predicted molar refractivity (Wildman–Crippen MR) is 76.5 cm³/mol. The van der Waals surface area contributed by atoms with Crippen molar-refractivity contribution < 1.29 is 8.78 Å². The fourth-order valence-corrected chi connectivity index (χ4v) is 3.77. The Hall–Kier alpha value is -0.960. The lowest BCUT2D eigenvalue weighted by atomic mass is 9.88. The molecular weight excluding hydrogens is 256 g/mol. The average molecular weight is 279 g/mol. The van der Waals surface area contributed by atoms with Crippen LogP contribution in [0.1, 0.15) is 49.8 Å². The van der Waals surface area contributed by atoms with Crippen molar-refractivity contribution in [1.82, 2.24) is 5.32 Å². The van der Waals surface area contributed by atoms with Crippen LogP contribution in [0.3, 0.4) is 0 Å². The molecule has 1 aromatic rings. The molecule has 0 aliphatic heterocycles. The third-order valence-corrected chi connectivity index (χ3v) is 5.01. The Kier molecular flexibility index (Phi) is 3.80. The van der Waals surface area contributed by atoms with Gasteiger partial charge in [-0.3, -0.25) is 0 Å². The molecule has 3 unspecified atom stereocenters. The quantitative estimate of drug-likeness (QED) is 0.844. The summed E-state index contributed by atoms with van der Waals surface area (Å²) in [5.74, 6) is 0.823. The van der Waals surface area contributed by atoms with E-state index in [0.29, 0.717) is 17.0 Å². The summed E-state index contributed by atoms with van der Waals surface area (Å²) in [7, 11) is 0. The van der Waals surface area contributed by atoms with Crippen LogP contribution in [-0.2, 0) is 0 Å². The van der Waals surface area contributed by atoms with Crippen molar-refractivity contribution >= 4 is 0 Å². The minimum Gasteiger partial charge on any atom is -0.310 e. The zero-order valence-electron chi connectivity index (χ0n) is 12.3. The van der Waals surface area contributed by atoms with Gasteiger partial charge in [0.25, 0.3) is 0 Å². The molecular formula is C17H23F2N. The minimum absolute atomic E-state index is 0.0298. The normalized spacial score (nSPS) is 29.3. The number of halogens is 2. The van der Waals surface area contributed by atoms with Gasteiger partial charge in [0, 0.05) is 11.6 Å². The zero-order chi connectivity index (χ0) is 14.3. The van der Waals surface area contributed by atoms with E-state index < -0.39 is 11.6 Å². The number of hydrogen-bond acceptors (Lipinski definition) is 1. The zero-order valence-corrected chi connectivity index (χ0v) is 12.3. The Balaban J connectivity index is 1.86. The smallest absolute Gasteiger partial charge is 0.163 e. The molecule has 3 heteroatoms. The van der Waals surface area contributed by atoms with Crippen LogP contribution in [0, 0.1) is 36.3 Å². The van der Waals surface area contributed by atoms with Gasteiger partial charge in [-0.15, -0.1) is 0 Å². The van der Waals surface area contributed by atoms with E-state index in [0.717, 1.165) is 24.8 Å². The Bertz CT molecular complexity index is 490. The van der Waals surface area contributed by atoms with Gasteiger partial charge in [0.1, 0.15) is 0 Å². The van der Waals surface area contributed by atoms with Crippen LogP contribution in [-0.4, -0.2) is 6.54 Å². The van der Waals surface area contributed by atoms with Gasteiger partial charge in [-0.1, -0.05) is 19.1 Å². The maximum absolute atomic E-state index is 14.3. The Morgan fingerprint density at radius 1 is 1.15 bits per heavy atom. The summed E-state index contributed by atoms with van der Waals surface area (Å²) in [5, 5.41) is 3.45. The fraction of sp³-hybridized carbons (Fsp3) is 0.647. The van der Waals surface area contributed by atoms with Crippen LogP contribution in [0.25, 0.3) is 0 Å². The fourth-order valence-electron chi connectivity index (χ4n) is 3.77. The first-order valence-corrected chi connectivity index (χ1v) is 7.79. The van der Waals surface area contributed by atoms with Gasteiger partial charge in [-0.2, -0.15) is 0 Å².